The largest absolute Gasteiger partial charge is 0.334 e. The summed E-state index contributed by atoms with van der Waals surface area (Å²) in [5.74, 6) is -0.339. The van der Waals surface area contributed by atoms with Gasteiger partial charge < -0.3 is 10.3 Å². The summed E-state index contributed by atoms with van der Waals surface area (Å²) in [6.07, 6.45) is 3.50. The Morgan fingerprint density at radius 2 is 2.00 bits per heavy atom. The highest BCUT2D eigenvalue weighted by atomic mass is 35.5. The SMILES string of the molecule is Cl.NC1(c2noc(-c3cc(F)cc([N+](=O)[O-])c3)n2)CCCC1. The van der Waals surface area contributed by atoms with Gasteiger partial charge in [0.2, 0.25) is 0 Å². The van der Waals surface area contributed by atoms with E-state index in [-0.39, 0.29) is 29.5 Å². The molecule has 3 rings (SSSR count). The van der Waals surface area contributed by atoms with E-state index in [1.54, 1.807) is 0 Å². The number of aromatic nitrogens is 2. The quantitative estimate of drug-likeness (QED) is 0.685. The zero-order valence-electron chi connectivity index (χ0n) is 11.5. The van der Waals surface area contributed by atoms with Crippen molar-refractivity contribution in [2.24, 2.45) is 5.73 Å². The van der Waals surface area contributed by atoms with Gasteiger partial charge in [0.05, 0.1) is 16.5 Å². The molecule has 0 amide bonds. The summed E-state index contributed by atoms with van der Waals surface area (Å²) in [5, 5.41) is 14.6. The highest BCUT2D eigenvalue weighted by Crippen LogP contribution is 2.35. The van der Waals surface area contributed by atoms with Gasteiger partial charge in [-0.3, -0.25) is 10.1 Å². The van der Waals surface area contributed by atoms with Gasteiger partial charge in [0.25, 0.3) is 11.6 Å². The third-order valence-corrected chi connectivity index (χ3v) is 3.71. The minimum atomic E-state index is -0.734. The van der Waals surface area contributed by atoms with Gasteiger partial charge in [-0.15, -0.1) is 12.4 Å². The van der Waals surface area contributed by atoms with E-state index in [9.17, 15) is 14.5 Å². The van der Waals surface area contributed by atoms with E-state index in [0.29, 0.717) is 5.82 Å². The van der Waals surface area contributed by atoms with Gasteiger partial charge in [0.1, 0.15) is 5.82 Å². The predicted molar refractivity (Wildman–Crippen MR) is 77.9 cm³/mol. The van der Waals surface area contributed by atoms with E-state index in [2.05, 4.69) is 10.1 Å². The summed E-state index contributed by atoms with van der Waals surface area (Å²) in [4.78, 5) is 14.3. The molecule has 22 heavy (non-hydrogen) atoms. The standard InChI is InChI=1S/C13H13FN4O3.ClH/c14-9-5-8(6-10(7-9)18(19)20)11-16-12(17-21-11)13(15)3-1-2-4-13;/h5-7H,1-4,15H2;1H. The molecular formula is C13H14ClFN4O3. The first-order chi connectivity index (χ1) is 9.98. The fourth-order valence-corrected chi connectivity index (χ4v) is 2.58. The fourth-order valence-electron chi connectivity index (χ4n) is 2.58. The topological polar surface area (TPSA) is 108 Å². The van der Waals surface area contributed by atoms with E-state index in [0.717, 1.165) is 37.8 Å². The van der Waals surface area contributed by atoms with E-state index in [4.69, 9.17) is 10.3 Å². The highest BCUT2D eigenvalue weighted by Gasteiger charge is 2.36. The van der Waals surface area contributed by atoms with Crippen molar-refractivity contribution in [2.75, 3.05) is 0 Å². The summed E-state index contributed by atoms with van der Waals surface area (Å²) in [7, 11) is 0. The molecule has 0 atom stereocenters. The molecule has 0 spiro atoms. The molecule has 0 unspecified atom stereocenters. The first-order valence-electron chi connectivity index (χ1n) is 6.56. The van der Waals surface area contributed by atoms with Gasteiger partial charge in [-0.2, -0.15) is 4.98 Å². The number of rotatable bonds is 3. The van der Waals surface area contributed by atoms with Gasteiger partial charge in [-0.25, -0.2) is 4.39 Å². The average Bonchev–Trinajstić information content (AvgIpc) is 3.07. The highest BCUT2D eigenvalue weighted by molar-refractivity contribution is 5.85. The molecule has 0 aliphatic heterocycles. The Hall–Kier alpha value is -2.06. The molecule has 1 aromatic heterocycles. The maximum absolute atomic E-state index is 13.4. The van der Waals surface area contributed by atoms with Crippen molar-refractivity contribution >= 4 is 18.1 Å². The van der Waals surface area contributed by atoms with Crippen LogP contribution in [0.3, 0.4) is 0 Å². The fraction of sp³-hybridized carbons (Fsp3) is 0.385. The molecule has 0 saturated heterocycles. The van der Waals surface area contributed by atoms with Crippen LogP contribution in [-0.4, -0.2) is 15.1 Å². The summed E-state index contributed by atoms with van der Waals surface area (Å²) < 4.78 is 18.5. The summed E-state index contributed by atoms with van der Waals surface area (Å²) in [5.41, 5.74) is 5.39. The van der Waals surface area contributed by atoms with Crippen molar-refractivity contribution in [3.8, 4) is 11.5 Å². The van der Waals surface area contributed by atoms with E-state index < -0.39 is 16.3 Å². The molecule has 2 aromatic rings. The lowest BCUT2D eigenvalue weighted by Crippen LogP contribution is -2.34. The Kier molecular flexibility index (Phi) is 4.43. The van der Waals surface area contributed by atoms with Crippen LogP contribution in [0.1, 0.15) is 31.5 Å². The number of nitro groups is 1. The lowest BCUT2D eigenvalue weighted by molar-refractivity contribution is -0.385. The van der Waals surface area contributed by atoms with Gasteiger partial charge in [-0.1, -0.05) is 18.0 Å². The van der Waals surface area contributed by atoms with Gasteiger partial charge in [0, 0.05) is 11.6 Å². The van der Waals surface area contributed by atoms with Gasteiger partial charge in [-0.05, 0) is 18.9 Å². The molecule has 1 aliphatic carbocycles. The minimum absolute atomic E-state index is 0. The second kappa shape index (κ2) is 5.98. The Balaban J connectivity index is 0.00000176. The predicted octanol–water partition coefficient (Wildman–Crippen LogP) is 2.93. The summed E-state index contributed by atoms with van der Waals surface area (Å²) in [6.45, 7) is 0. The smallest absolute Gasteiger partial charge is 0.273 e. The second-order valence-corrected chi connectivity index (χ2v) is 5.24. The van der Waals surface area contributed by atoms with Gasteiger partial charge in [0.15, 0.2) is 5.82 Å². The normalized spacial score (nSPS) is 16.3. The van der Waals surface area contributed by atoms with Crippen LogP contribution >= 0.6 is 12.4 Å². The Morgan fingerprint density at radius 3 is 2.64 bits per heavy atom. The molecule has 118 valence electrons. The summed E-state index contributed by atoms with van der Waals surface area (Å²) >= 11 is 0. The lowest BCUT2D eigenvalue weighted by atomic mass is 9.99. The first-order valence-corrected chi connectivity index (χ1v) is 6.56. The van der Waals surface area contributed by atoms with Crippen molar-refractivity contribution in [1.29, 1.82) is 0 Å². The van der Waals surface area contributed by atoms with Crippen LogP contribution in [-0.2, 0) is 5.54 Å². The van der Waals surface area contributed by atoms with Crippen molar-refractivity contribution in [3.05, 3.63) is 40.0 Å². The van der Waals surface area contributed by atoms with Crippen molar-refractivity contribution in [3.63, 3.8) is 0 Å². The number of nitrogens with two attached hydrogens (primary N) is 1. The van der Waals surface area contributed by atoms with Crippen LogP contribution in [0.15, 0.2) is 22.7 Å². The second-order valence-electron chi connectivity index (χ2n) is 5.24. The number of benzene rings is 1. The van der Waals surface area contributed by atoms with Crippen molar-refractivity contribution < 1.29 is 13.8 Å². The molecule has 1 fully saturated rings. The Bertz CT molecular complexity index is 700. The lowest BCUT2D eigenvalue weighted by Gasteiger charge is -2.17. The Labute approximate surface area is 131 Å². The molecule has 1 aromatic carbocycles. The first kappa shape index (κ1) is 16.3. The molecule has 7 nitrogen and oxygen atoms in total. The maximum Gasteiger partial charge on any atom is 0.273 e. The molecule has 1 saturated carbocycles. The monoisotopic (exact) mass is 328 g/mol. The molecule has 9 heteroatoms. The third-order valence-electron chi connectivity index (χ3n) is 3.71. The molecule has 0 radical (unpaired) electrons. The zero-order valence-corrected chi connectivity index (χ0v) is 12.3. The Morgan fingerprint density at radius 1 is 1.32 bits per heavy atom. The number of nitrogens with zero attached hydrogens (tertiary/aromatic N) is 3. The number of non-ortho nitro benzene ring substituents is 1. The van der Waals surface area contributed by atoms with Crippen LogP contribution in [0.25, 0.3) is 11.5 Å². The minimum Gasteiger partial charge on any atom is -0.334 e. The number of halogens is 2. The van der Waals surface area contributed by atoms with E-state index in [1.807, 2.05) is 0 Å². The molecule has 1 aliphatic rings. The molecule has 1 heterocycles. The van der Waals surface area contributed by atoms with Crippen LogP contribution in [0.2, 0.25) is 0 Å². The molecule has 0 bridgehead atoms. The van der Waals surface area contributed by atoms with Crippen molar-refractivity contribution in [1.82, 2.24) is 10.1 Å². The van der Waals surface area contributed by atoms with E-state index >= 15 is 0 Å². The van der Waals surface area contributed by atoms with Crippen LogP contribution in [0, 0.1) is 15.9 Å². The van der Waals surface area contributed by atoms with Crippen LogP contribution in [0.4, 0.5) is 10.1 Å². The van der Waals surface area contributed by atoms with Gasteiger partial charge >= 0.3 is 0 Å². The molecular weight excluding hydrogens is 315 g/mol. The average molecular weight is 329 g/mol. The number of hydrogen-bond donors (Lipinski definition) is 1. The maximum atomic E-state index is 13.4. The third kappa shape index (κ3) is 2.93. The van der Waals surface area contributed by atoms with E-state index in [1.165, 1.54) is 6.07 Å². The number of nitro benzene ring substituents is 1. The number of hydrogen-bond acceptors (Lipinski definition) is 6. The van der Waals surface area contributed by atoms with Crippen molar-refractivity contribution in [2.45, 2.75) is 31.2 Å². The van der Waals surface area contributed by atoms with Crippen LogP contribution in [0.5, 0.6) is 0 Å². The van der Waals surface area contributed by atoms with Crippen LogP contribution < -0.4 is 5.73 Å². The molecule has 2 N–H and O–H groups in total. The zero-order chi connectivity index (χ0) is 15.0. The summed E-state index contributed by atoms with van der Waals surface area (Å²) in [6, 6.07) is 3.14.